The maximum absolute atomic E-state index is 2.60. The fourth-order valence-corrected chi connectivity index (χ4v) is 3.61. The Bertz CT molecular complexity index is 168. The Morgan fingerprint density at radius 1 is 1.23 bits per heavy atom. The van der Waals surface area contributed by atoms with Crippen molar-refractivity contribution in [2.24, 2.45) is 5.41 Å². The van der Waals surface area contributed by atoms with E-state index in [4.69, 9.17) is 0 Å². The van der Waals surface area contributed by atoms with Crippen molar-refractivity contribution in [3.63, 3.8) is 0 Å². The van der Waals surface area contributed by atoms with Crippen LogP contribution >= 0.6 is 0 Å². The van der Waals surface area contributed by atoms with Crippen LogP contribution in [0.2, 0.25) is 0 Å². The number of hydrogen-bond acceptors (Lipinski definition) is 2. The van der Waals surface area contributed by atoms with E-state index in [0.29, 0.717) is 0 Å². The molecule has 0 radical (unpaired) electrons. The van der Waals surface area contributed by atoms with E-state index < -0.39 is 0 Å². The lowest BCUT2D eigenvalue weighted by Gasteiger charge is -2.51. The molecule has 0 aliphatic carbocycles. The summed E-state index contributed by atoms with van der Waals surface area (Å²) in [5, 5.41) is 0. The minimum atomic E-state index is 0.731. The highest BCUT2D eigenvalue weighted by atomic mass is 32.2. The largest absolute Gasteiger partial charge is 0.305 e. The summed E-state index contributed by atoms with van der Waals surface area (Å²) in [5.74, 6) is 1.28. The van der Waals surface area contributed by atoms with E-state index in [1.807, 2.05) is 0 Å². The first-order valence-electron chi connectivity index (χ1n) is 5.35. The lowest BCUT2D eigenvalue weighted by molar-refractivity contribution is -0.0159. The summed E-state index contributed by atoms with van der Waals surface area (Å²) >= 11 is 1.54. The van der Waals surface area contributed by atoms with Crippen LogP contribution < -0.4 is 0 Å². The molecule has 0 N–H and O–H groups in total. The summed E-state index contributed by atoms with van der Waals surface area (Å²) in [4.78, 5) is 2.45. The molecule has 0 aromatic heterocycles. The van der Waals surface area contributed by atoms with Gasteiger partial charge in [-0.2, -0.15) is 0 Å². The predicted octanol–water partition coefficient (Wildman–Crippen LogP) is 0.764. The monoisotopic (exact) mass is 201 g/mol. The first kappa shape index (κ1) is 9.81. The van der Waals surface area contributed by atoms with Gasteiger partial charge < -0.3 is 4.90 Å². The van der Waals surface area contributed by atoms with Crippen molar-refractivity contribution in [3.8, 4) is 0 Å². The Morgan fingerprint density at radius 2 is 1.85 bits per heavy atom. The molecular formula is C10H21N2S+. The molecule has 0 aromatic carbocycles. The van der Waals surface area contributed by atoms with Gasteiger partial charge >= 0.3 is 0 Å². The molecule has 2 fully saturated rings. The van der Waals surface area contributed by atoms with Crippen LogP contribution in [0.3, 0.4) is 0 Å². The van der Waals surface area contributed by atoms with Gasteiger partial charge in [-0.3, -0.25) is 0 Å². The van der Waals surface area contributed by atoms with E-state index in [9.17, 15) is 0 Å². The minimum absolute atomic E-state index is 0.731. The third kappa shape index (κ3) is 2.03. The zero-order chi connectivity index (χ0) is 9.31. The fourth-order valence-electron chi connectivity index (χ4n) is 2.73. The topological polar surface area (TPSA) is 6.48 Å². The van der Waals surface area contributed by atoms with Crippen LogP contribution in [0.4, 0.5) is 0 Å². The maximum atomic E-state index is 2.60. The van der Waals surface area contributed by atoms with Gasteiger partial charge in [0.15, 0.2) is 0 Å². The van der Waals surface area contributed by atoms with Crippen molar-refractivity contribution in [3.05, 3.63) is 0 Å². The van der Waals surface area contributed by atoms with Crippen molar-refractivity contribution >= 4 is 11.9 Å². The van der Waals surface area contributed by atoms with Gasteiger partial charge in [-0.1, -0.05) is 0 Å². The number of likely N-dealkylation sites (tertiary alicyclic amines) is 1. The SMILES string of the molecule is CC[SH+]N1CCC2(CC1)CN(C)C2. The van der Waals surface area contributed by atoms with Crippen molar-refractivity contribution in [1.82, 2.24) is 9.21 Å². The van der Waals surface area contributed by atoms with Crippen molar-refractivity contribution in [2.45, 2.75) is 19.8 Å². The van der Waals surface area contributed by atoms with Gasteiger partial charge in [0, 0.05) is 26.2 Å². The summed E-state index contributed by atoms with van der Waals surface area (Å²) < 4.78 is 2.60. The van der Waals surface area contributed by atoms with E-state index in [2.05, 4.69) is 23.2 Å². The minimum Gasteiger partial charge on any atom is -0.305 e. The van der Waals surface area contributed by atoms with E-state index in [1.165, 1.54) is 44.8 Å². The lowest BCUT2D eigenvalue weighted by Crippen LogP contribution is -2.58. The van der Waals surface area contributed by atoms with Gasteiger partial charge in [-0.25, -0.2) is 0 Å². The van der Waals surface area contributed by atoms with Crippen LogP contribution in [-0.2, 0) is 11.9 Å². The highest BCUT2D eigenvalue weighted by Crippen LogP contribution is 2.39. The molecule has 2 rings (SSSR count). The first-order valence-corrected chi connectivity index (χ1v) is 6.38. The zero-order valence-corrected chi connectivity index (χ0v) is 9.69. The van der Waals surface area contributed by atoms with E-state index in [1.54, 1.807) is 11.9 Å². The van der Waals surface area contributed by atoms with Gasteiger partial charge in [0.2, 0.25) is 0 Å². The molecule has 2 aliphatic heterocycles. The molecule has 2 heterocycles. The molecular weight excluding hydrogens is 180 g/mol. The highest BCUT2D eigenvalue weighted by molar-refractivity contribution is 7.76. The van der Waals surface area contributed by atoms with Crippen LogP contribution in [0.25, 0.3) is 0 Å². The molecule has 0 saturated carbocycles. The van der Waals surface area contributed by atoms with Crippen LogP contribution in [0.15, 0.2) is 0 Å². The van der Waals surface area contributed by atoms with Gasteiger partial charge in [-0.15, -0.1) is 4.31 Å². The van der Waals surface area contributed by atoms with Crippen molar-refractivity contribution in [2.75, 3.05) is 39.0 Å². The summed E-state index contributed by atoms with van der Waals surface area (Å²) in [6, 6.07) is 0. The summed E-state index contributed by atoms with van der Waals surface area (Å²) in [6.45, 7) is 7.64. The normalized spacial score (nSPS) is 29.1. The molecule has 2 aliphatic rings. The molecule has 0 amide bonds. The Kier molecular flexibility index (Phi) is 2.86. The molecule has 76 valence electrons. The predicted molar refractivity (Wildman–Crippen MR) is 60.0 cm³/mol. The zero-order valence-electron chi connectivity index (χ0n) is 8.79. The summed E-state index contributed by atoms with van der Waals surface area (Å²) in [6.07, 6.45) is 2.87. The number of nitrogens with zero attached hydrogens (tertiary/aromatic N) is 2. The molecule has 1 spiro atoms. The van der Waals surface area contributed by atoms with E-state index in [-0.39, 0.29) is 0 Å². The number of thiol groups is 1. The second-order valence-corrected chi connectivity index (χ2v) is 6.06. The lowest BCUT2D eigenvalue weighted by atomic mass is 9.73. The van der Waals surface area contributed by atoms with E-state index in [0.717, 1.165) is 5.41 Å². The third-order valence-corrected chi connectivity index (χ3v) is 4.44. The van der Waals surface area contributed by atoms with Crippen LogP contribution in [0.5, 0.6) is 0 Å². The third-order valence-electron chi connectivity index (χ3n) is 3.35. The van der Waals surface area contributed by atoms with Crippen LogP contribution in [0.1, 0.15) is 19.8 Å². The number of piperidine rings is 1. The smallest absolute Gasteiger partial charge is 0.122 e. The first-order chi connectivity index (χ1) is 6.24. The Labute approximate surface area is 85.8 Å². The van der Waals surface area contributed by atoms with Crippen molar-refractivity contribution < 1.29 is 0 Å². The fraction of sp³-hybridized carbons (Fsp3) is 1.00. The number of hydrogen-bond donors (Lipinski definition) is 0. The van der Waals surface area contributed by atoms with Gasteiger partial charge in [0.25, 0.3) is 0 Å². The molecule has 0 bridgehead atoms. The Hall–Kier alpha value is 0.270. The van der Waals surface area contributed by atoms with E-state index >= 15 is 0 Å². The standard InChI is InChI=1S/C10H20N2S/c1-3-13-12-6-4-10(5-7-12)8-11(2)9-10/h3-9H2,1-2H3/p+1. The van der Waals surface area contributed by atoms with Gasteiger partial charge in [0.1, 0.15) is 5.75 Å². The molecule has 2 saturated heterocycles. The second-order valence-electron chi connectivity index (χ2n) is 4.58. The second kappa shape index (κ2) is 3.79. The van der Waals surface area contributed by atoms with Crippen LogP contribution in [0, 0.1) is 5.41 Å². The maximum Gasteiger partial charge on any atom is 0.122 e. The van der Waals surface area contributed by atoms with Crippen molar-refractivity contribution in [1.29, 1.82) is 0 Å². The quantitative estimate of drug-likeness (QED) is 0.481. The van der Waals surface area contributed by atoms with Gasteiger partial charge in [0.05, 0.1) is 11.9 Å². The molecule has 2 nitrogen and oxygen atoms in total. The average molecular weight is 201 g/mol. The Morgan fingerprint density at radius 3 is 2.31 bits per heavy atom. The molecule has 3 heteroatoms. The Balaban J connectivity index is 1.77. The molecule has 0 aromatic rings. The molecule has 0 atom stereocenters. The summed E-state index contributed by atoms with van der Waals surface area (Å²) in [5.41, 5.74) is 0.731. The van der Waals surface area contributed by atoms with Gasteiger partial charge in [-0.05, 0) is 32.2 Å². The highest BCUT2D eigenvalue weighted by Gasteiger charge is 2.44. The average Bonchev–Trinajstić information content (AvgIpc) is 2.07. The molecule has 13 heavy (non-hydrogen) atoms. The number of rotatable bonds is 2. The van der Waals surface area contributed by atoms with Crippen LogP contribution in [-0.4, -0.2) is 48.2 Å². The molecule has 0 unspecified atom stereocenters. The summed E-state index contributed by atoms with van der Waals surface area (Å²) in [7, 11) is 2.24.